The van der Waals surface area contributed by atoms with Crippen molar-refractivity contribution < 1.29 is 28.6 Å². The highest BCUT2D eigenvalue weighted by Crippen LogP contribution is 2.30. The number of hydrazone groups is 1. The summed E-state index contributed by atoms with van der Waals surface area (Å²) in [4.78, 5) is 26.9. The zero-order valence-corrected chi connectivity index (χ0v) is 21.5. The Hall–Kier alpha value is -3.62. The third kappa shape index (κ3) is 7.43. The summed E-state index contributed by atoms with van der Waals surface area (Å²) in [6, 6.07) is 4.32. The molecule has 0 aromatic heterocycles. The summed E-state index contributed by atoms with van der Waals surface area (Å²) >= 11 is 0. The van der Waals surface area contributed by atoms with E-state index in [-0.39, 0.29) is 11.4 Å². The minimum Gasteiger partial charge on any atom is -0.505 e. The summed E-state index contributed by atoms with van der Waals surface area (Å²) < 4.78 is 25.3. The zero-order valence-electron chi connectivity index (χ0n) is 21.5. The first-order valence-electron chi connectivity index (χ1n) is 11.2. The Kier molecular flexibility index (Phi) is 8.15. The van der Waals surface area contributed by atoms with Gasteiger partial charge in [-0.25, -0.2) is 19.0 Å². The van der Waals surface area contributed by atoms with Gasteiger partial charge in [-0.1, -0.05) is 32.6 Å². The average Bonchev–Trinajstić information content (AvgIpc) is 2.68. The third-order valence-corrected chi connectivity index (χ3v) is 4.41. The van der Waals surface area contributed by atoms with Crippen molar-refractivity contribution >= 4 is 23.6 Å². The summed E-state index contributed by atoms with van der Waals surface area (Å²) in [7, 11) is 0. The first-order chi connectivity index (χ1) is 16.0. The summed E-state index contributed by atoms with van der Waals surface area (Å²) in [5, 5.41) is 15.5. The van der Waals surface area contributed by atoms with Crippen LogP contribution in [0.15, 0.2) is 53.9 Å². The molecule has 0 unspecified atom stereocenters. The van der Waals surface area contributed by atoms with Gasteiger partial charge >= 0.3 is 12.2 Å². The van der Waals surface area contributed by atoms with E-state index in [9.17, 15) is 19.1 Å². The number of allylic oxidation sites excluding steroid dienone is 3. The van der Waals surface area contributed by atoms with Gasteiger partial charge < -0.3 is 14.6 Å². The molecular formula is C26H34FN3O5. The lowest BCUT2D eigenvalue weighted by Crippen LogP contribution is -2.49. The molecule has 0 saturated carbocycles. The van der Waals surface area contributed by atoms with Crippen molar-refractivity contribution in [3.8, 4) is 5.75 Å². The molecule has 1 aromatic rings. The van der Waals surface area contributed by atoms with Gasteiger partial charge in [-0.15, -0.1) is 0 Å². The second kappa shape index (κ2) is 10.3. The van der Waals surface area contributed by atoms with Gasteiger partial charge in [-0.2, -0.15) is 10.0 Å². The first kappa shape index (κ1) is 27.6. The smallest absolute Gasteiger partial charge is 0.425 e. The van der Waals surface area contributed by atoms with E-state index in [1.54, 1.807) is 67.5 Å². The number of halogens is 1. The van der Waals surface area contributed by atoms with Gasteiger partial charge in [0.2, 0.25) is 0 Å². The predicted octanol–water partition coefficient (Wildman–Crippen LogP) is 6.40. The number of aromatic hydroxyl groups is 1. The van der Waals surface area contributed by atoms with Crippen molar-refractivity contribution in [2.75, 3.05) is 0 Å². The summed E-state index contributed by atoms with van der Waals surface area (Å²) in [5.74, 6) is -1.54. The summed E-state index contributed by atoms with van der Waals surface area (Å²) in [5.41, 5.74) is -0.721. The lowest BCUT2D eigenvalue weighted by molar-refractivity contribution is 0.0137. The van der Waals surface area contributed by atoms with Crippen LogP contribution in [0.4, 0.5) is 14.0 Å². The van der Waals surface area contributed by atoms with E-state index in [1.165, 1.54) is 29.4 Å². The fourth-order valence-corrected chi connectivity index (χ4v) is 2.95. The molecule has 1 aromatic carbocycles. The molecule has 0 fully saturated rings. The molecule has 0 spiro atoms. The lowest BCUT2D eigenvalue weighted by Gasteiger charge is -2.31. The average molecular weight is 488 g/mol. The lowest BCUT2D eigenvalue weighted by atomic mass is 10.0. The number of hydrogen-bond donors (Lipinski definition) is 1. The first-order valence-corrected chi connectivity index (χ1v) is 11.2. The highest BCUT2D eigenvalue weighted by Gasteiger charge is 2.36. The molecule has 1 aliphatic rings. The topological polar surface area (TPSA) is 91.7 Å². The maximum absolute atomic E-state index is 14.4. The van der Waals surface area contributed by atoms with Gasteiger partial charge in [-0.3, -0.25) is 0 Å². The Morgan fingerprint density at radius 3 is 2.09 bits per heavy atom. The van der Waals surface area contributed by atoms with E-state index >= 15 is 0 Å². The largest absolute Gasteiger partial charge is 0.505 e. The molecule has 35 heavy (non-hydrogen) atoms. The molecule has 0 atom stereocenters. The Balaban J connectivity index is 2.47. The highest BCUT2D eigenvalue weighted by atomic mass is 19.1. The van der Waals surface area contributed by atoms with Crippen LogP contribution in [0.3, 0.4) is 0 Å². The number of amidine groups is 1. The maximum atomic E-state index is 14.4. The van der Waals surface area contributed by atoms with E-state index in [0.717, 1.165) is 4.90 Å². The quantitative estimate of drug-likeness (QED) is 0.392. The standard InChI is InChI=1S/C26H34FN3O5/c1-16(2)22(30(23(32)34-25(4,5)6)24(33)35-26(7,8)9)28-29-14-13-18(15-17(29)3)19-11-10-12-20(31)21(19)27/h10-16,31H,3H2,1-2,4-9H3/b28-22+. The van der Waals surface area contributed by atoms with Crippen LogP contribution in [0.5, 0.6) is 5.75 Å². The number of hydrogen-bond acceptors (Lipinski definition) is 7. The Morgan fingerprint density at radius 2 is 1.63 bits per heavy atom. The van der Waals surface area contributed by atoms with Crippen LogP contribution in [0.1, 0.15) is 61.0 Å². The summed E-state index contributed by atoms with van der Waals surface area (Å²) in [6.45, 7) is 17.6. The van der Waals surface area contributed by atoms with Gasteiger partial charge in [0.15, 0.2) is 11.6 Å². The van der Waals surface area contributed by atoms with E-state index in [1.807, 2.05) is 0 Å². The number of phenolic OH excluding ortho intramolecular Hbond substituents is 1. The Labute approximate surface area is 206 Å². The van der Waals surface area contributed by atoms with Crippen molar-refractivity contribution in [3.63, 3.8) is 0 Å². The monoisotopic (exact) mass is 487 g/mol. The van der Waals surface area contributed by atoms with Crippen molar-refractivity contribution in [1.29, 1.82) is 0 Å². The molecule has 1 aliphatic heterocycles. The van der Waals surface area contributed by atoms with Crippen molar-refractivity contribution in [3.05, 3.63) is 60.2 Å². The number of nitrogens with zero attached hydrogens (tertiary/aromatic N) is 3. The Bertz CT molecular complexity index is 1060. The van der Waals surface area contributed by atoms with Crippen LogP contribution in [0.25, 0.3) is 5.57 Å². The molecule has 1 N–H and O–H groups in total. The SMILES string of the molecule is C=C1C=C(c2cccc(O)c2F)C=CN1/N=C(\C(C)C)N(C(=O)OC(C)(C)C)C(=O)OC(C)(C)C. The van der Waals surface area contributed by atoms with E-state index in [0.29, 0.717) is 11.3 Å². The fourth-order valence-electron chi connectivity index (χ4n) is 2.95. The molecule has 190 valence electrons. The minimum absolute atomic E-state index is 0.0692. The molecule has 8 nitrogen and oxygen atoms in total. The number of imide groups is 1. The van der Waals surface area contributed by atoms with Crippen LogP contribution in [-0.4, -0.2) is 44.2 Å². The maximum Gasteiger partial charge on any atom is 0.425 e. The number of ether oxygens (including phenoxy) is 2. The molecule has 0 saturated heterocycles. The third-order valence-electron chi connectivity index (χ3n) is 4.41. The van der Waals surface area contributed by atoms with Gasteiger partial charge in [-0.05, 0) is 65.3 Å². The van der Waals surface area contributed by atoms with E-state index < -0.39 is 40.9 Å². The second-order valence-corrected chi connectivity index (χ2v) is 10.3. The van der Waals surface area contributed by atoms with Crippen LogP contribution >= 0.6 is 0 Å². The number of amides is 2. The van der Waals surface area contributed by atoms with Crippen molar-refractivity contribution in [2.24, 2.45) is 11.0 Å². The number of phenols is 1. The predicted molar refractivity (Wildman–Crippen MR) is 133 cm³/mol. The van der Waals surface area contributed by atoms with Gasteiger partial charge in [0, 0.05) is 17.7 Å². The molecule has 2 rings (SSSR count). The molecular weight excluding hydrogens is 453 g/mol. The van der Waals surface area contributed by atoms with Gasteiger partial charge in [0.1, 0.15) is 17.0 Å². The van der Waals surface area contributed by atoms with E-state index in [2.05, 4.69) is 11.7 Å². The molecule has 0 aliphatic carbocycles. The van der Waals surface area contributed by atoms with Gasteiger partial charge in [0.05, 0.1) is 5.70 Å². The van der Waals surface area contributed by atoms with Crippen molar-refractivity contribution in [2.45, 2.75) is 66.6 Å². The normalized spacial score (nSPS) is 14.7. The van der Waals surface area contributed by atoms with E-state index in [4.69, 9.17) is 9.47 Å². The van der Waals surface area contributed by atoms with Crippen molar-refractivity contribution in [1.82, 2.24) is 9.91 Å². The summed E-state index contributed by atoms with van der Waals surface area (Å²) in [6.07, 6.45) is 2.82. The second-order valence-electron chi connectivity index (χ2n) is 10.3. The van der Waals surface area contributed by atoms with Crippen LogP contribution in [0.2, 0.25) is 0 Å². The van der Waals surface area contributed by atoms with Crippen LogP contribution in [0, 0.1) is 11.7 Å². The number of carbonyl (C=O) groups excluding carboxylic acids is 2. The molecule has 1 heterocycles. The number of benzene rings is 1. The highest BCUT2D eigenvalue weighted by molar-refractivity contribution is 6.09. The number of carbonyl (C=O) groups is 2. The fraction of sp³-hybridized carbons (Fsp3) is 0.423. The molecule has 0 bridgehead atoms. The van der Waals surface area contributed by atoms with Gasteiger partial charge in [0.25, 0.3) is 0 Å². The zero-order chi connectivity index (χ0) is 26.7. The minimum atomic E-state index is -0.927. The molecule has 9 heteroatoms. The molecule has 2 amide bonds. The Morgan fingerprint density at radius 1 is 1.09 bits per heavy atom. The van der Waals surface area contributed by atoms with Crippen LogP contribution < -0.4 is 0 Å². The molecule has 0 radical (unpaired) electrons. The number of rotatable bonds is 3. The van der Waals surface area contributed by atoms with Crippen LogP contribution in [-0.2, 0) is 9.47 Å².